The minimum absolute atomic E-state index is 0.364. The molecule has 1 atom stereocenters. The molecule has 0 heterocycles. The van der Waals surface area contributed by atoms with Gasteiger partial charge in [-0.05, 0) is 50.2 Å². The molecule has 1 N–H and O–H groups in total. The van der Waals surface area contributed by atoms with Gasteiger partial charge in [0.1, 0.15) is 11.8 Å². The molecule has 0 saturated heterocycles. The molecule has 0 radical (unpaired) electrons. The molecular weight excluding hydrogens is 376 g/mol. The second-order valence-corrected chi connectivity index (χ2v) is 7.96. The van der Waals surface area contributed by atoms with E-state index in [-0.39, 0.29) is 0 Å². The van der Waals surface area contributed by atoms with E-state index < -0.39 is 22.0 Å². The van der Waals surface area contributed by atoms with Gasteiger partial charge >= 0.3 is 0 Å². The smallest absolute Gasteiger partial charge is 0.247 e. The quantitative estimate of drug-likeness (QED) is 0.776. The summed E-state index contributed by atoms with van der Waals surface area (Å²) in [5, 5.41) is 3.20. The normalized spacial score (nSPS) is 12.3. The number of anilines is 2. The summed E-state index contributed by atoms with van der Waals surface area (Å²) in [6.07, 6.45) is 1.06. The van der Waals surface area contributed by atoms with Crippen LogP contribution in [-0.4, -0.2) is 33.2 Å². The van der Waals surface area contributed by atoms with Gasteiger partial charge in [0.25, 0.3) is 0 Å². The van der Waals surface area contributed by atoms with E-state index in [0.29, 0.717) is 28.8 Å². The lowest BCUT2D eigenvalue weighted by Crippen LogP contribution is -2.45. The Morgan fingerprint density at radius 3 is 2.46 bits per heavy atom. The van der Waals surface area contributed by atoms with Crippen molar-refractivity contribution < 1.29 is 17.9 Å². The van der Waals surface area contributed by atoms with E-state index in [0.717, 1.165) is 10.6 Å². The highest BCUT2D eigenvalue weighted by molar-refractivity contribution is 7.92. The number of carbonyl (C=O) groups is 1. The highest BCUT2D eigenvalue weighted by Crippen LogP contribution is 2.24. The maximum atomic E-state index is 12.6. The molecule has 26 heavy (non-hydrogen) atoms. The molecule has 0 aliphatic heterocycles. The van der Waals surface area contributed by atoms with Crippen LogP contribution < -0.4 is 14.4 Å². The maximum absolute atomic E-state index is 12.6. The van der Waals surface area contributed by atoms with E-state index in [2.05, 4.69) is 5.32 Å². The van der Waals surface area contributed by atoms with Crippen LogP contribution in [0.25, 0.3) is 0 Å². The molecular formula is C18H21ClN2O4S. The predicted molar refractivity (Wildman–Crippen MR) is 104 cm³/mol. The lowest BCUT2D eigenvalue weighted by Gasteiger charge is -2.28. The molecule has 2 aromatic carbocycles. The van der Waals surface area contributed by atoms with Gasteiger partial charge in [0, 0.05) is 16.8 Å². The number of nitrogens with zero attached hydrogens (tertiary/aromatic N) is 1. The van der Waals surface area contributed by atoms with Crippen LogP contribution in [0.2, 0.25) is 5.02 Å². The van der Waals surface area contributed by atoms with E-state index in [1.165, 1.54) is 6.92 Å². The number of hydrogen-bond acceptors (Lipinski definition) is 4. The molecule has 8 heteroatoms. The first kappa shape index (κ1) is 20.1. The van der Waals surface area contributed by atoms with Crippen LogP contribution in [0.3, 0.4) is 0 Å². The van der Waals surface area contributed by atoms with Crippen molar-refractivity contribution in [3.63, 3.8) is 0 Å². The molecule has 2 rings (SSSR count). The highest BCUT2D eigenvalue weighted by Gasteiger charge is 2.29. The van der Waals surface area contributed by atoms with Crippen molar-refractivity contribution in [3.8, 4) is 5.75 Å². The average molecular weight is 397 g/mol. The van der Waals surface area contributed by atoms with E-state index in [1.54, 1.807) is 48.5 Å². The fourth-order valence-corrected chi connectivity index (χ4v) is 3.77. The summed E-state index contributed by atoms with van der Waals surface area (Å²) in [5.41, 5.74) is 0.889. The standard InChI is InChI=1S/C18H21ClN2O4S/c1-4-25-17-7-5-6-15(12-17)20-18(22)13(2)21(26(3,23)24)16-10-8-14(19)9-11-16/h5-13H,4H2,1-3H3,(H,20,22)/t13-/m1/s1. The Bertz CT molecular complexity index is 869. The van der Waals surface area contributed by atoms with Crippen LogP contribution >= 0.6 is 11.6 Å². The average Bonchev–Trinajstić information content (AvgIpc) is 2.56. The maximum Gasteiger partial charge on any atom is 0.247 e. The monoisotopic (exact) mass is 396 g/mol. The van der Waals surface area contributed by atoms with Crippen molar-refractivity contribution in [2.45, 2.75) is 19.9 Å². The molecule has 0 bridgehead atoms. The van der Waals surface area contributed by atoms with Gasteiger partial charge < -0.3 is 10.1 Å². The Morgan fingerprint density at radius 2 is 1.88 bits per heavy atom. The number of amides is 1. The number of ether oxygens (including phenoxy) is 1. The Morgan fingerprint density at radius 1 is 1.23 bits per heavy atom. The summed E-state index contributed by atoms with van der Waals surface area (Å²) < 4.78 is 31.0. The van der Waals surface area contributed by atoms with Crippen molar-refractivity contribution in [2.75, 3.05) is 22.5 Å². The van der Waals surface area contributed by atoms with E-state index in [4.69, 9.17) is 16.3 Å². The van der Waals surface area contributed by atoms with E-state index in [1.807, 2.05) is 6.92 Å². The SMILES string of the molecule is CCOc1cccc(NC(=O)[C@@H](C)N(c2ccc(Cl)cc2)S(C)(=O)=O)c1. The number of nitrogens with one attached hydrogen (secondary N) is 1. The van der Waals surface area contributed by atoms with Gasteiger partial charge in [-0.3, -0.25) is 9.10 Å². The molecule has 0 aromatic heterocycles. The molecule has 0 spiro atoms. The molecule has 2 aromatic rings. The van der Waals surface area contributed by atoms with Crippen LogP contribution in [0.15, 0.2) is 48.5 Å². The molecule has 0 unspecified atom stereocenters. The summed E-state index contributed by atoms with van der Waals surface area (Å²) in [7, 11) is -3.68. The molecule has 0 fully saturated rings. The van der Waals surface area contributed by atoms with E-state index in [9.17, 15) is 13.2 Å². The van der Waals surface area contributed by atoms with Gasteiger partial charge in [0.2, 0.25) is 15.9 Å². The molecule has 0 aliphatic rings. The van der Waals surface area contributed by atoms with Crippen LogP contribution in [0.4, 0.5) is 11.4 Å². The Labute approximate surface area is 158 Å². The number of halogens is 1. The summed E-state index contributed by atoms with van der Waals surface area (Å²) in [4.78, 5) is 12.6. The fourth-order valence-electron chi connectivity index (χ4n) is 2.47. The topological polar surface area (TPSA) is 75.7 Å². The zero-order chi connectivity index (χ0) is 19.3. The Kier molecular flexibility index (Phi) is 6.50. The van der Waals surface area contributed by atoms with Crippen LogP contribution in [0.1, 0.15) is 13.8 Å². The third kappa shape index (κ3) is 5.12. The lowest BCUT2D eigenvalue weighted by atomic mass is 10.2. The first-order valence-electron chi connectivity index (χ1n) is 8.01. The summed E-state index contributed by atoms with van der Waals surface area (Å²) in [5.74, 6) is 0.162. The minimum Gasteiger partial charge on any atom is -0.494 e. The van der Waals surface area contributed by atoms with Crippen molar-refractivity contribution in [3.05, 3.63) is 53.6 Å². The molecule has 1 amide bonds. The molecule has 0 saturated carbocycles. The van der Waals surface area contributed by atoms with Crippen molar-refractivity contribution in [1.29, 1.82) is 0 Å². The largest absolute Gasteiger partial charge is 0.494 e. The first-order valence-corrected chi connectivity index (χ1v) is 10.2. The third-order valence-electron chi connectivity index (χ3n) is 3.58. The van der Waals surface area contributed by atoms with Gasteiger partial charge in [0.05, 0.1) is 18.6 Å². The van der Waals surface area contributed by atoms with Crippen molar-refractivity contribution in [1.82, 2.24) is 0 Å². The van der Waals surface area contributed by atoms with E-state index >= 15 is 0 Å². The number of sulfonamides is 1. The van der Waals surface area contributed by atoms with Crippen LogP contribution in [-0.2, 0) is 14.8 Å². The first-order chi connectivity index (χ1) is 12.2. The van der Waals surface area contributed by atoms with Gasteiger partial charge in [-0.15, -0.1) is 0 Å². The molecule has 0 aliphatic carbocycles. The molecule has 140 valence electrons. The predicted octanol–water partition coefficient (Wildman–Crippen LogP) is 3.53. The van der Waals surface area contributed by atoms with Gasteiger partial charge in [-0.1, -0.05) is 17.7 Å². The summed E-state index contributed by atoms with van der Waals surface area (Å²) in [6, 6.07) is 12.2. The van der Waals surface area contributed by atoms with Crippen LogP contribution in [0, 0.1) is 0 Å². The second-order valence-electron chi connectivity index (χ2n) is 5.66. The van der Waals surface area contributed by atoms with Gasteiger partial charge in [-0.2, -0.15) is 0 Å². The number of benzene rings is 2. The lowest BCUT2D eigenvalue weighted by molar-refractivity contribution is -0.116. The Hall–Kier alpha value is -2.25. The number of rotatable bonds is 7. The highest BCUT2D eigenvalue weighted by atomic mass is 35.5. The van der Waals surface area contributed by atoms with Gasteiger partial charge in [0.15, 0.2) is 0 Å². The number of hydrogen-bond donors (Lipinski definition) is 1. The van der Waals surface area contributed by atoms with Crippen molar-refractivity contribution in [2.24, 2.45) is 0 Å². The second kappa shape index (κ2) is 8.42. The zero-order valence-corrected chi connectivity index (χ0v) is 16.3. The minimum atomic E-state index is -3.68. The summed E-state index contributed by atoms with van der Waals surface area (Å²) >= 11 is 5.86. The summed E-state index contributed by atoms with van der Waals surface area (Å²) in [6.45, 7) is 3.90. The van der Waals surface area contributed by atoms with Crippen molar-refractivity contribution >= 4 is 38.9 Å². The van der Waals surface area contributed by atoms with Crippen LogP contribution in [0.5, 0.6) is 5.75 Å². The van der Waals surface area contributed by atoms with Gasteiger partial charge in [-0.25, -0.2) is 8.42 Å². The Balaban J connectivity index is 2.25. The fraction of sp³-hybridized carbons (Fsp3) is 0.278. The zero-order valence-electron chi connectivity index (χ0n) is 14.8. The molecule has 6 nitrogen and oxygen atoms in total. The third-order valence-corrected chi connectivity index (χ3v) is 5.08. The number of carbonyl (C=O) groups excluding carboxylic acids is 1.